The number of nitrogens with one attached hydrogen (secondary N) is 1. The van der Waals surface area contributed by atoms with Crippen LogP contribution in [0.2, 0.25) is 5.02 Å². The molecule has 4 nitrogen and oxygen atoms in total. The van der Waals surface area contributed by atoms with Crippen LogP contribution in [0.3, 0.4) is 0 Å². The van der Waals surface area contributed by atoms with Gasteiger partial charge in [-0.05, 0) is 30.4 Å². The first-order chi connectivity index (χ1) is 10.7. The minimum Gasteiger partial charge on any atom is -0.352 e. The number of rotatable bonds is 5. The maximum Gasteiger partial charge on any atom is 0.254 e. The normalized spacial score (nSPS) is 15.1. The second-order valence-electron chi connectivity index (χ2n) is 5.88. The van der Waals surface area contributed by atoms with E-state index in [1.165, 1.54) is 25.7 Å². The van der Waals surface area contributed by atoms with E-state index >= 15 is 0 Å². The van der Waals surface area contributed by atoms with Gasteiger partial charge in [-0.15, -0.1) is 0 Å². The van der Waals surface area contributed by atoms with Crippen LogP contribution >= 0.6 is 11.6 Å². The zero-order valence-corrected chi connectivity index (χ0v) is 13.2. The molecule has 1 amide bonds. The largest absolute Gasteiger partial charge is 0.352 e. The van der Waals surface area contributed by atoms with E-state index < -0.39 is 0 Å². The number of hydrogen-bond donors (Lipinski definition) is 1. The molecule has 0 aliphatic heterocycles. The summed E-state index contributed by atoms with van der Waals surface area (Å²) in [4.78, 5) is 12.1. The van der Waals surface area contributed by atoms with Crippen molar-refractivity contribution in [1.29, 1.82) is 0 Å². The second kappa shape index (κ2) is 6.97. The number of nitrogens with zero attached hydrogens (tertiary/aromatic N) is 2. The summed E-state index contributed by atoms with van der Waals surface area (Å²) in [6.07, 6.45) is 8.42. The quantitative estimate of drug-likeness (QED) is 0.917. The Balaban J connectivity index is 1.58. The zero-order chi connectivity index (χ0) is 15.4. The fraction of sp³-hybridized carbons (Fsp3) is 0.412. The maximum atomic E-state index is 12.1. The molecule has 5 heteroatoms. The number of amides is 1. The van der Waals surface area contributed by atoms with Gasteiger partial charge in [0.15, 0.2) is 0 Å². The Morgan fingerprint density at radius 3 is 2.86 bits per heavy atom. The molecule has 22 heavy (non-hydrogen) atoms. The predicted octanol–water partition coefficient (Wildman–Crippen LogP) is 3.50. The van der Waals surface area contributed by atoms with E-state index in [2.05, 4.69) is 10.4 Å². The molecule has 2 aromatic rings. The molecular weight excluding hydrogens is 298 g/mol. The molecular formula is C17H20ClN3O. The summed E-state index contributed by atoms with van der Waals surface area (Å²) in [5.74, 6) is 0.597. The molecule has 1 aromatic carbocycles. The minimum atomic E-state index is -0.0442. The molecule has 0 atom stereocenters. The van der Waals surface area contributed by atoms with Crippen LogP contribution < -0.4 is 5.32 Å². The molecule has 0 unspecified atom stereocenters. The number of benzene rings is 1. The first-order valence-corrected chi connectivity index (χ1v) is 8.14. The van der Waals surface area contributed by atoms with Gasteiger partial charge in [0, 0.05) is 17.8 Å². The van der Waals surface area contributed by atoms with E-state index in [1.807, 2.05) is 24.3 Å². The van der Waals surface area contributed by atoms with Gasteiger partial charge >= 0.3 is 0 Å². The zero-order valence-electron chi connectivity index (χ0n) is 12.5. The van der Waals surface area contributed by atoms with E-state index in [9.17, 15) is 4.79 Å². The lowest BCUT2D eigenvalue weighted by Crippen LogP contribution is -2.28. The van der Waals surface area contributed by atoms with Gasteiger partial charge in [-0.3, -0.25) is 9.48 Å². The summed E-state index contributed by atoms with van der Waals surface area (Å²) in [5, 5.41) is 7.97. The average molecular weight is 318 g/mol. The van der Waals surface area contributed by atoms with Gasteiger partial charge in [-0.1, -0.05) is 42.6 Å². The molecule has 1 fully saturated rings. The Morgan fingerprint density at radius 2 is 2.09 bits per heavy atom. The SMILES string of the molecule is O=C(NCC1CCCC1)c1cnn(Cc2ccccc2Cl)c1. The van der Waals surface area contributed by atoms with Crippen LogP contribution in [-0.2, 0) is 6.54 Å². The van der Waals surface area contributed by atoms with Crippen LogP contribution in [0.5, 0.6) is 0 Å². The molecule has 3 rings (SSSR count). The Kier molecular flexibility index (Phi) is 4.78. The highest BCUT2D eigenvalue weighted by Gasteiger charge is 2.16. The number of carbonyl (C=O) groups excluding carboxylic acids is 1. The molecule has 0 bridgehead atoms. The molecule has 1 aromatic heterocycles. The fourth-order valence-electron chi connectivity index (χ4n) is 2.92. The van der Waals surface area contributed by atoms with Crippen LogP contribution in [0.1, 0.15) is 41.6 Å². The van der Waals surface area contributed by atoms with Gasteiger partial charge in [-0.2, -0.15) is 5.10 Å². The standard InChI is InChI=1S/C17H20ClN3O/c18-16-8-4-3-7-14(16)11-21-12-15(10-20-21)17(22)19-9-13-5-1-2-6-13/h3-4,7-8,10,12-13H,1-2,5-6,9,11H2,(H,19,22). The Labute approximate surface area is 135 Å². The molecule has 1 heterocycles. The topological polar surface area (TPSA) is 46.9 Å². The monoisotopic (exact) mass is 317 g/mol. The summed E-state index contributed by atoms with van der Waals surface area (Å²) < 4.78 is 1.74. The third kappa shape index (κ3) is 3.69. The smallest absolute Gasteiger partial charge is 0.254 e. The third-order valence-corrected chi connectivity index (χ3v) is 4.58. The fourth-order valence-corrected chi connectivity index (χ4v) is 3.12. The van der Waals surface area contributed by atoms with Gasteiger partial charge in [0.25, 0.3) is 5.91 Å². The molecule has 1 aliphatic carbocycles. The summed E-state index contributed by atoms with van der Waals surface area (Å²) in [5.41, 5.74) is 1.59. The highest BCUT2D eigenvalue weighted by molar-refractivity contribution is 6.31. The highest BCUT2D eigenvalue weighted by Crippen LogP contribution is 2.23. The van der Waals surface area contributed by atoms with Crippen molar-refractivity contribution in [3.05, 3.63) is 52.8 Å². The first kappa shape index (κ1) is 15.1. The van der Waals surface area contributed by atoms with Crippen LogP contribution in [0.15, 0.2) is 36.7 Å². The van der Waals surface area contributed by atoms with E-state index in [4.69, 9.17) is 11.6 Å². The van der Waals surface area contributed by atoms with Crippen molar-refractivity contribution < 1.29 is 4.79 Å². The predicted molar refractivity (Wildman–Crippen MR) is 87.1 cm³/mol. The van der Waals surface area contributed by atoms with Crippen LogP contribution in [0.4, 0.5) is 0 Å². The van der Waals surface area contributed by atoms with Crippen molar-refractivity contribution in [3.8, 4) is 0 Å². The Bertz CT molecular complexity index is 647. The van der Waals surface area contributed by atoms with Gasteiger partial charge in [0.1, 0.15) is 0 Å². The summed E-state index contributed by atoms with van der Waals surface area (Å²) in [6.45, 7) is 1.34. The molecule has 0 saturated heterocycles. The number of hydrogen-bond acceptors (Lipinski definition) is 2. The molecule has 0 radical (unpaired) electrons. The van der Waals surface area contributed by atoms with Crippen molar-refractivity contribution >= 4 is 17.5 Å². The third-order valence-electron chi connectivity index (χ3n) is 4.21. The molecule has 1 saturated carbocycles. The van der Waals surface area contributed by atoms with Crippen molar-refractivity contribution in [2.45, 2.75) is 32.2 Å². The lowest BCUT2D eigenvalue weighted by Gasteiger charge is -2.09. The summed E-state index contributed by atoms with van der Waals surface area (Å²) in [6, 6.07) is 7.66. The van der Waals surface area contributed by atoms with E-state index in [0.717, 1.165) is 12.1 Å². The lowest BCUT2D eigenvalue weighted by molar-refractivity contribution is 0.0947. The number of halogens is 1. The molecule has 1 N–H and O–H groups in total. The summed E-state index contributed by atoms with van der Waals surface area (Å²) >= 11 is 6.15. The summed E-state index contributed by atoms with van der Waals surface area (Å²) in [7, 11) is 0. The molecule has 0 spiro atoms. The Hall–Kier alpha value is -1.81. The van der Waals surface area contributed by atoms with Gasteiger partial charge < -0.3 is 5.32 Å². The van der Waals surface area contributed by atoms with Crippen LogP contribution in [0.25, 0.3) is 0 Å². The van der Waals surface area contributed by atoms with Crippen molar-refractivity contribution in [2.24, 2.45) is 5.92 Å². The Morgan fingerprint density at radius 1 is 1.32 bits per heavy atom. The molecule has 116 valence electrons. The van der Waals surface area contributed by atoms with Crippen molar-refractivity contribution in [1.82, 2.24) is 15.1 Å². The molecule has 1 aliphatic rings. The van der Waals surface area contributed by atoms with Gasteiger partial charge in [-0.25, -0.2) is 0 Å². The maximum absolute atomic E-state index is 12.1. The number of carbonyl (C=O) groups is 1. The average Bonchev–Trinajstić information content (AvgIpc) is 3.19. The van der Waals surface area contributed by atoms with Crippen molar-refractivity contribution in [3.63, 3.8) is 0 Å². The van der Waals surface area contributed by atoms with Gasteiger partial charge in [0.2, 0.25) is 0 Å². The van der Waals surface area contributed by atoms with Crippen LogP contribution in [-0.4, -0.2) is 22.2 Å². The van der Waals surface area contributed by atoms with E-state index in [0.29, 0.717) is 23.0 Å². The highest BCUT2D eigenvalue weighted by atomic mass is 35.5. The lowest BCUT2D eigenvalue weighted by atomic mass is 10.1. The van der Waals surface area contributed by atoms with E-state index in [1.54, 1.807) is 17.1 Å². The number of aromatic nitrogens is 2. The van der Waals surface area contributed by atoms with Crippen molar-refractivity contribution in [2.75, 3.05) is 6.54 Å². The minimum absolute atomic E-state index is 0.0442. The van der Waals surface area contributed by atoms with E-state index in [-0.39, 0.29) is 5.91 Å². The second-order valence-corrected chi connectivity index (χ2v) is 6.29. The van der Waals surface area contributed by atoms with Crippen LogP contribution in [0, 0.1) is 5.92 Å². The van der Waals surface area contributed by atoms with Gasteiger partial charge in [0.05, 0.1) is 18.3 Å². The first-order valence-electron chi connectivity index (χ1n) is 7.76.